The van der Waals surface area contributed by atoms with Crippen LogP contribution in [-0.4, -0.2) is 103 Å². The summed E-state index contributed by atoms with van der Waals surface area (Å²) in [5, 5.41) is 17.9. The van der Waals surface area contributed by atoms with Gasteiger partial charge in [-0.3, -0.25) is 0 Å². The van der Waals surface area contributed by atoms with Crippen LogP contribution in [-0.2, 0) is 19.7 Å². The Morgan fingerprint density at radius 3 is 1.29 bits per heavy atom. The van der Waals surface area contributed by atoms with Gasteiger partial charge in [0.2, 0.25) is 0 Å². The van der Waals surface area contributed by atoms with Crippen molar-refractivity contribution >= 4 is 31.4 Å². The first-order valence-electron chi connectivity index (χ1n) is 15.3. The molecular weight excluding hydrogens is 875 g/mol. The molecule has 0 unspecified atom stereocenters. The molecule has 2 N–H and O–H groups in total. The second-order valence-electron chi connectivity index (χ2n) is 12.0. The number of sulfone groups is 2. The van der Waals surface area contributed by atoms with E-state index in [2.05, 4.69) is 0 Å². The summed E-state index contributed by atoms with van der Waals surface area (Å²) in [6, 6.07) is 11.4. The predicted octanol–water partition coefficient (Wildman–Crippen LogP) is 8.53. The van der Waals surface area contributed by atoms with Gasteiger partial charge >= 0.3 is 47.6 Å². The Kier molecular flexibility index (Phi) is 15.0. The van der Waals surface area contributed by atoms with E-state index in [9.17, 15) is 102 Å². The SMILES string of the molecule is O=S(=O)(c1ccccc1)C(C[C@H](CO)[C@H](CCCO)SCCC(F)(F)C(F)(F)C(F)(F)C(F)(F)C(F)(F)C(F)(F)C(F)(F)C(F)(F)F)S(=O)(=O)c1ccccc1. The number of aliphatic hydroxyl groups excluding tert-OH is 2. The van der Waals surface area contributed by atoms with Crippen LogP contribution in [0.25, 0.3) is 0 Å². The number of benzene rings is 2. The Morgan fingerprint density at radius 2 is 0.929 bits per heavy atom. The summed E-state index contributed by atoms with van der Waals surface area (Å²) in [6.07, 6.45) is -12.7. The van der Waals surface area contributed by atoms with Gasteiger partial charge in [0, 0.05) is 24.9 Å². The highest BCUT2D eigenvalue weighted by Gasteiger charge is 2.95. The van der Waals surface area contributed by atoms with Crippen molar-refractivity contribution in [3.8, 4) is 0 Å². The van der Waals surface area contributed by atoms with Gasteiger partial charge in [0.25, 0.3) is 0 Å². The van der Waals surface area contributed by atoms with Gasteiger partial charge in [-0.1, -0.05) is 36.4 Å². The summed E-state index contributed by atoms with van der Waals surface area (Å²) >= 11 is -0.0728. The van der Waals surface area contributed by atoms with Crippen LogP contribution in [0.2, 0.25) is 0 Å². The predicted molar refractivity (Wildman–Crippen MR) is 164 cm³/mol. The quantitative estimate of drug-likeness (QED) is 0.121. The van der Waals surface area contributed by atoms with E-state index in [1.165, 1.54) is 36.4 Å². The first-order valence-corrected chi connectivity index (χ1v) is 19.4. The maximum Gasteiger partial charge on any atom is 0.460 e. The molecule has 56 heavy (non-hydrogen) atoms. The van der Waals surface area contributed by atoms with Crippen molar-refractivity contribution in [2.75, 3.05) is 19.0 Å². The molecule has 0 aliphatic carbocycles. The molecule has 0 fully saturated rings. The second-order valence-corrected chi connectivity index (χ2v) is 17.9. The van der Waals surface area contributed by atoms with E-state index in [4.69, 9.17) is 0 Å². The van der Waals surface area contributed by atoms with Crippen molar-refractivity contribution in [2.24, 2.45) is 5.92 Å². The third-order valence-electron chi connectivity index (χ3n) is 8.27. The zero-order chi connectivity index (χ0) is 43.6. The molecule has 322 valence electrons. The molecule has 2 aromatic carbocycles. The molecule has 0 aliphatic heterocycles. The zero-order valence-corrected chi connectivity index (χ0v) is 30.1. The minimum Gasteiger partial charge on any atom is -0.396 e. The molecule has 0 aliphatic rings. The standard InChI is InChI=1S/C30H29F17O6S3/c31-23(32,24(33,34)25(35,36)26(37,38)27(39,40)28(41,42)29(43,44)30(45,46)47)13-15-54-21(12-7-14-48)18(17-49)16-22(55(50,51)19-8-3-1-4-9-19)56(52,53)20-10-5-2-6-11-20/h1-6,8-11,18,21-22,48-49H,7,12-17H2/t18-,21+/m1/s1. The minimum atomic E-state index is -8.78. The highest BCUT2D eigenvalue weighted by Crippen LogP contribution is 2.64. The maximum absolute atomic E-state index is 14.6. The van der Waals surface area contributed by atoms with Crippen LogP contribution in [0.3, 0.4) is 0 Å². The van der Waals surface area contributed by atoms with Crippen molar-refractivity contribution in [2.45, 2.75) is 92.9 Å². The van der Waals surface area contributed by atoms with E-state index in [1.54, 1.807) is 0 Å². The van der Waals surface area contributed by atoms with Crippen molar-refractivity contribution < 1.29 is 102 Å². The van der Waals surface area contributed by atoms with E-state index in [-0.39, 0.29) is 11.8 Å². The topological polar surface area (TPSA) is 109 Å². The van der Waals surface area contributed by atoms with Crippen molar-refractivity contribution in [1.29, 1.82) is 0 Å². The van der Waals surface area contributed by atoms with Gasteiger partial charge in [-0.05, 0) is 55.2 Å². The molecule has 0 aromatic heterocycles. The normalized spacial score (nSPS) is 15.9. The van der Waals surface area contributed by atoms with Gasteiger partial charge in [0.15, 0.2) is 24.3 Å². The van der Waals surface area contributed by atoms with Gasteiger partial charge in [-0.15, -0.1) is 0 Å². The molecule has 2 aromatic rings. The summed E-state index contributed by atoms with van der Waals surface area (Å²) in [5.74, 6) is -60.9. The molecule has 0 bridgehead atoms. The van der Waals surface area contributed by atoms with Crippen LogP contribution < -0.4 is 0 Å². The molecule has 2 rings (SSSR count). The lowest BCUT2D eigenvalue weighted by molar-refractivity contribution is -0.461. The first kappa shape index (κ1) is 49.6. The van der Waals surface area contributed by atoms with Gasteiger partial charge in [0.1, 0.15) is 0 Å². The number of thioether (sulfide) groups is 1. The Morgan fingerprint density at radius 1 is 0.554 bits per heavy atom. The molecular formula is C30H29F17O6S3. The van der Waals surface area contributed by atoms with Gasteiger partial charge < -0.3 is 10.2 Å². The van der Waals surface area contributed by atoms with Crippen LogP contribution in [0.15, 0.2) is 70.5 Å². The van der Waals surface area contributed by atoms with E-state index >= 15 is 0 Å². The van der Waals surface area contributed by atoms with Crippen molar-refractivity contribution in [1.82, 2.24) is 0 Å². The average Bonchev–Trinajstić information content (AvgIpc) is 3.09. The summed E-state index contributed by atoms with van der Waals surface area (Å²) in [4.78, 5) is -1.16. The monoisotopic (exact) mass is 904 g/mol. The Bertz CT molecular complexity index is 1740. The molecule has 0 amide bonds. The fraction of sp³-hybridized carbons (Fsp3) is 0.600. The summed E-state index contributed by atoms with van der Waals surface area (Å²) < 4.78 is 285. The lowest BCUT2D eigenvalue weighted by Gasteiger charge is -2.42. The second kappa shape index (κ2) is 17.0. The van der Waals surface area contributed by atoms with E-state index in [0.29, 0.717) is 0 Å². The minimum absolute atomic E-state index is 0.0728. The van der Waals surface area contributed by atoms with E-state index < -0.39 is 137 Å². The van der Waals surface area contributed by atoms with Crippen molar-refractivity contribution in [3.63, 3.8) is 0 Å². The van der Waals surface area contributed by atoms with Crippen LogP contribution >= 0.6 is 11.8 Å². The van der Waals surface area contributed by atoms with Gasteiger partial charge in [-0.25, -0.2) is 16.8 Å². The number of alkyl halides is 17. The molecule has 0 saturated heterocycles. The van der Waals surface area contributed by atoms with Crippen LogP contribution in [0.1, 0.15) is 25.7 Å². The number of rotatable bonds is 21. The van der Waals surface area contributed by atoms with Crippen molar-refractivity contribution in [3.05, 3.63) is 60.7 Å². The Balaban J connectivity index is 2.51. The summed E-state index contributed by atoms with van der Waals surface area (Å²) in [7, 11) is -9.91. The van der Waals surface area contributed by atoms with Crippen LogP contribution in [0.5, 0.6) is 0 Å². The third kappa shape index (κ3) is 8.87. The molecule has 0 heterocycles. The Labute approximate surface area is 311 Å². The highest BCUT2D eigenvalue weighted by atomic mass is 32.3. The summed E-state index contributed by atoms with van der Waals surface area (Å²) in [5.41, 5.74) is 0. The fourth-order valence-electron chi connectivity index (χ4n) is 4.97. The van der Waals surface area contributed by atoms with Crippen LogP contribution in [0, 0.1) is 5.92 Å². The lowest BCUT2D eigenvalue weighted by Crippen LogP contribution is -2.74. The lowest BCUT2D eigenvalue weighted by atomic mass is 9.88. The molecule has 26 heteroatoms. The molecule has 0 spiro atoms. The van der Waals surface area contributed by atoms with E-state index in [0.717, 1.165) is 24.3 Å². The van der Waals surface area contributed by atoms with E-state index in [1.807, 2.05) is 0 Å². The van der Waals surface area contributed by atoms with Crippen LogP contribution in [0.4, 0.5) is 74.6 Å². The van der Waals surface area contributed by atoms with Gasteiger partial charge in [0.05, 0.1) is 9.79 Å². The zero-order valence-electron chi connectivity index (χ0n) is 27.6. The largest absolute Gasteiger partial charge is 0.460 e. The van der Waals surface area contributed by atoms with Gasteiger partial charge in [-0.2, -0.15) is 86.4 Å². The maximum atomic E-state index is 14.6. The molecule has 6 nitrogen and oxygen atoms in total. The fourth-order valence-corrected chi connectivity index (χ4v) is 11.1. The smallest absolute Gasteiger partial charge is 0.396 e. The summed E-state index contributed by atoms with van der Waals surface area (Å²) in [6.45, 7) is -1.98. The molecule has 2 atom stereocenters. The first-order chi connectivity index (χ1) is 25.2. The molecule has 0 saturated carbocycles. The Hall–Kier alpha value is -2.58. The average molecular weight is 905 g/mol. The number of halogens is 17. The third-order valence-corrected chi connectivity index (χ3v) is 14.9. The molecule has 0 radical (unpaired) electrons. The highest BCUT2D eigenvalue weighted by molar-refractivity contribution is 8.09. The number of hydrogen-bond donors (Lipinski definition) is 2. The number of aliphatic hydroxyl groups is 2. The number of hydrogen-bond acceptors (Lipinski definition) is 7.